The van der Waals surface area contributed by atoms with Gasteiger partial charge >= 0.3 is 5.97 Å². The average molecular weight is 513 g/mol. The number of rotatable bonds is 5. The number of hydrogen-bond donors (Lipinski definition) is 1. The van der Waals surface area contributed by atoms with Crippen LogP contribution in [0.1, 0.15) is 34.7 Å². The molecule has 1 unspecified atom stereocenters. The van der Waals surface area contributed by atoms with Gasteiger partial charge < -0.3 is 9.84 Å². The van der Waals surface area contributed by atoms with Crippen molar-refractivity contribution in [1.29, 1.82) is 0 Å². The van der Waals surface area contributed by atoms with Gasteiger partial charge in [0, 0.05) is 5.56 Å². The smallest absolute Gasteiger partial charge is 0.341 e. The molecule has 0 saturated carbocycles. The van der Waals surface area contributed by atoms with Gasteiger partial charge in [-0.2, -0.15) is 0 Å². The monoisotopic (exact) mass is 512 g/mol. The van der Waals surface area contributed by atoms with Gasteiger partial charge in [-0.05, 0) is 65.4 Å². The van der Waals surface area contributed by atoms with Gasteiger partial charge in [0.05, 0.1) is 16.3 Å². The highest BCUT2D eigenvalue weighted by Gasteiger charge is 2.32. The highest BCUT2D eigenvalue weighted by Crippen LogP contribution is 2.41. The summed E-state index contributed by atoms with van der Waals surface area (Å²) in [4.78, 5) is 30.2. The van der Waals surface area contributed by atoms with Crippen LogP contribution in [0.25, 0.3) is 11.8 Å². The average Bonchev–Trinajstić information content (AvgIpc) is 3.21. The van der Waals surface area contributed by atoms with Gasteiger partial charge in [-0.3, -0.25) is 9.36 Å². The minimum atomic E-state index is -1.06. The fourth-order valence-electron chi connectivity index (χ4n) is 4.96. The Labute approximate surface area is 214 Å². The first kappa shape index (κ1) is 23.1. The number of nitrogens with zero attached hydrogens (tertiary/aromatic N) is 2. The summed E-state index contributed by atoms with van der Waals surface area (Å²) in [6, 6.07) is 21.0. The number of fused-ring (bicyclic) bond motifs is 3. The molecule has 6 nitrogen and oxygen atoms in total. The third-order valence-electron chi connectivity index (χ3n) is 6.58. The summed E-state index contributed by atoms with van der Waals surface area (Å²) in [5.74, 6) is -0.991. The van der Waals surface area contributed by atoms with Crippen LogP contribution in [0.3, 0.4) is 0 Å². The molecule has 1 atom stereocenters. The predicted octanol–water partition coefficient (Wildman–Crippen LogP) is 3.92. The van der Waals surface area contributed by atoms with Crippen LogP contribution in [0.4, 0.5) is 4.39 Å². The first-order valence-corrected chi connectivity index (χ1v) is 12.6. The molecule has 0 spiro atoms. The molecular weight excluding hydrogens is 491 g/mol. The van der Waals surface area contributed by atoms with Gasteiger partial charge in [-0.25, -0.2) is 14.2 Å². The Bertz CT molecular complexity index is 1750. The zero-order valence-electron chi connectivity index (χ0n) is 19.6. The lowest BCUT2D eigenvalue weighted by molar-refractivity contribution is -0.139. The van der Waals surface area contributed by atoms with E-state index >= 15 is 0 Å². The van der Waals surface area contributed by atoms with E-state index in [4.69, 9.17) is 14.8 Å². The number of carbonyl (C=O) groups is 1. The van der Waals surface area contributed by atoms with E-state index in [1.54, 1.807) is 41.0 Å². The summed E-state index contributed by atoms with van der Waals surface area (Å²) < 4.78 is 21.3. The van der Waals surface area contributed by atoms with Crippen molar-refractivity contribution in [3.05, 3.63) is 126 Å². The largest absolute Gasteiger partial charge is 0.482 e. The molecule has 3 aromatic carbocycles. The number of hydrogen-bond acceptors (Lipinski definition) is 5. The first-order valence-electron chi connectivity index (χ1n) is 11.8. The molecule has 1 aliphatic heterocycles. The maximum atomic E-state index is 13.8. The van der Waals surface area contributed by atoms with Gasteiger partial charge in [-0.1, -0.05) is 59.9 Å². The van der Waals surface area contributed by atoms with Crippen LogP contribution in [0.15, 0.2) is 88.2 Å². The maximum Gasteiger partial charge on any atom is 0.341 e. The summed E-state index contributed by atoms with van der Waals surface area (Å²) in [7, 11) is 0. The van der Waals surface area contributed by atoms with Crippen LogP contribution in [0.5, 0.6) is 5.75 Å². The minimum Gasteiger partial charge on any atom is -0.482 e. The molecule has 0 bridgehead atoms. The second kappa shape index (κ2) is 9.29. The molecule has 184 valence electrons. The Balaban J connectivity index is 1.52. The standard InChI is InChI=1S/C29H21FN2O4S/c30-20-11-8-19(9-12-20)27-23-13-10-18-5-1-2-7-22(18)26(23)31-29-32(27)28(35)24(37-29)15-17-4-3-6-21(14-17)36-16-25(33)34/h1-9,11-12,14-15,27H,10,13,16H2,(H,33,34)/b24-15-. The number of thiazole rings is 1. The molecule has 1 aliphatic carbocycles. The first-order chi connectivity index (χ1) is 18.0. The van der Waals surface area contributed by atoms with E-state index in [0.717, 1.165) is 35.2 Å². The molecule has 0 amide bonds. The Morgan fingerprint density at radius 3 is 2.73 bits per heavy atom. The third-order valence-corrected chi connectivity index (χ3v) is 7.56. The minimum absolute atomic E-state index is 0.180. The van der Waals surface area contributed by atoms with Crippen molar-refractivity contribution in [2.45, 2.75) is 18.9 Å². The number of aliphatic carboxylic acids is 1. The summed E-state index contributed by atoms with van der Waals surface area (Å²) in [6.07, 6.45) is 3.36. The fourth-order valence-corrected chi connectivity index (χ4v) is 5.96. The predicted molar refractivity (Wildman–Crippen MR) is 139 cm³/mol. The molecule has 0 fully saturated rings. The van der Waals surface area contributed by atoms with Crippen LogP contribution >= 0.6 is 11.3 Å². The molecule has 37 heavy (non-hydrogen) atoms. The van der Waals surface area contributed by atoms with Crippen molar-refractivity contribution in [2.24, 2.45) is 4.99 Å². The van der Waals surface area contributed by atoms with E-state index in [1.165, 1.54) is 29.0 Å². The van der Waals surface area contributed by atoms with Crippen LogP contribution in [-0.2, 0) is 11.2 Å². The topological polar surface area (TPSA) is 80.9 Å². The maximum absolute atomic E-state index is 13.8. The summed E-state index contributed by atoms with van der Waals surface area (Å²) >= 11 is 1.30. The molecule has 4 aromatic rings. The number of aromatic nitrogens is 1. The quantitative estimate of drug-likeness (QED) is 0.440. The molecule has 2 aliphatic rings. The van der Waals surface area contributed by atoms with Crippen molar-refractivity contribution in [1.82, 2.24) is 4.57 Å². The molecule has 2 heterocycles. The molecule has 8 heteroatoms. The van der Waals surface area contributed by atoms with E-state index in [0.29, 0.717) is 20.6 Å². The Morgan fingerprint density at radius 1 is 1.11 bits per heavy atom. The summed E-state index contributed by atoms with van der Waals surface area (Å²) in [6.45, 7) is -0.448. The van der Waals surface area contributed by atoms with Gasteiger partial charge in [0.15, 0.2) is 11.4 Å². The normalized spacial score (nSPS) is 16.5. The SMILES string of the molecule is O=C(O)COc1cccc(/C=c2\sc3n(c2=O)C(c2ccc(F)cc2)C2=C(N=3)c3ccccc3CC2)c1. The molecule has 6 rings (SSSR count). The molecule has 1 N–H and O–H groups in total. The Hall–Kier alpha value is -4.30. The van der Waals surface area contributed by atoms with Crippen molar-refractivity contribution in [3.63, 3.8) is 0 Å². The zero-order chi connectivity index (χ0) is 25.5. The van der Waals surface area contributed by atoms with Crippen molar-refractivity contribution < 1.29 is 19.0 Å². The Morgan fingerprint density at radius 2 is 1.92 bits per heavy atom. The number of benzene rings is 3. The van der Waals surface area contributed by atoms with Crippen molar-refractivity contribution >= 4 is 29.1 Å². The highest BCUT2D eigenvalue weighted by atomic mass is 32.1. The van der Waals surface area contributed by atoms with Gasteiger partial charge in [-0.15, -0.1) is 0 Å². The van der Waals surface area contributed by atoms with Gasteiger partial charge in [0.25, 0.3) is 5.56 Å². The van der Waals surface area contributed by atoms with E-state index in [2.05, 4.69) is 12.1 Å². The van der Waals surface area contributed by atoms with Crippen LogP contribution in [-0.4, -0.2) is 22.2 Å². The van der Waals surface area contributed by atoms with E-state index < -0.39 is 12.6 Å². The van der Waals surface area contributed by atoms with Crippen LogP contribution < -0.4 is 19.6 Å². The summed E-state index contributed by atoms with van der Waals surface area (Å²) in [5, 5.41) is 8.88. The highest BCUT2D eigenvalue weighted by molar-refractivity contribution is 7.07. The number of halogens is 1. The number of allylic oxidation sites excluding steroid dienone is 1. The van der Waals surface area contributed by atoms with Gasteiger partial charge in [0.1, 0.15) is 11.6 Å². The van der Waals surface area contributed by atoms with E-state index in [-0.39, 0.29) is 17.4 Å². The second-order valence-electron chi connectivity index (χ2n) is 8.92. The lowest BCUT2D eigenvalue weighted by atomic mass is 9.83. The zero-order valence-corrected chi connectivity index (χ0v) is 20.4. The van der Waals surface area contributed by atoms with E-state index in [1.807, 2.05) is 18.2 Å². The fraction of sp³-hybridized carbons (Fsp3) is 0.138. The van der Waals surface area contributed by atoms with Crippen molar-refractivity contribution in [2.75, 3.05) is 6.61 Å². The number of aryl methyl sites for hydroxylation is 1. The molecule has 1 aromatic heterocycles. The van der Waals surface area contributed by atoms with Crippen molar-refractivity contribution in [3.8, 4) is 5.75 Å². The van der Waals surface area contributed by atoms with Crippen LogP contribution in [0.2, 0.25) is 0 Å². The Kier molecular flexibility index (Phi) is 5.81. The van der Waals surface area contributed by atoms with Crippen LogP contribution in [0, 0.1) is 5.82 Å². The molecular formula is C29H21FN2O4S. The number of carboxylic acids is 1. The molecule has 0 saturated heterocycles. The third kappa shape index (κ3) is 4.29. The second-order valence-corrected chi connectivity index (χ2v) is 9.93. The number of ether oxygens (including phenoxy) is 1. The lowest BCUT2D eigenvalue weighted by Crippen LogP contribution is -2.38. The summed E-state index contributed by atoms with van der Waals surface area (Å²) in [5.41, 5.74) is 5.58. The van der Waals surface area contributed by atoms with Gasteiger partial charge in [0.2, 0.25) is 0 Å². The lowest BCUT2D eigenvalue weighted by Gasteiger charge is -2.30. The number of carboxylic acid groups (broad SMARTS) is 1. The van der Waals surface area contributed by atoms with E-state index in [9.17, 15) is 14.0 Å². The molecule has 0 radical (unpaired) electrons.